The molecule has 0 saturated carbocycles. The summed E-state index contributed by atoms with van der Waals surface area (Å²) in [6.07, 6.45) is 1.63. The third kappa shape index (κ3) is 1.28. The highest BCUT2D eigenvalue weighted by Gasteiger charge is 2.02. The predicted molar refractivity (Wildman–Crippen MR) is 35.5 cm³/mol. The van der Waals surface area contributed by atoms with E-state index in [-0.39, 0.29) is 0 Å². The molecule has 0 atom stereocenters. The van der Waals surface area contributed by atoms with Crippen LogP contribution in [0, 0.1) is 0 Å². The van der Waals surface area contributed by atoms with Crippen molar-refractivity contribution in [1.82, 2.24) is 5.32 Å². The van der Waals surface area contributed by atoms with Gasteiger partial charge in [0.1, 0.15) is 4.61 Å². The minimum absolute atomic E-state index is 0.624. The third-order valence-corrected chi connectivity index (χ3v) is 1.24. The van der Waals surface area contributed by atoms with E-state index in [1.54, 1.807) is 6.20 Å². The van der Waals surface area contributed by atoms with Gasteiger partial charge in [0, 0.05) is 0 Å². The molecule has 1 aliphatic rings. The molecule has 0 saturated heterocycles. The Kier molecular flexibility index (Phi) is 1.49. The number of hydrogen-bond donors (Lipinski definition) is 0. The predicted octanol–water partition coefficient (Wildman–Crippen LogP) is 1.55. The van der Waals surface area contributed by atoms with Crippen LogP contribution in [0.4, 0.5) is 0 Å². The molecule has 0 amide bonds. The van der Waals surface area contributed by atoms with Crippen LogP contribution in [0.25, 0.3) is 0 Å². The van der Waals surface area contributed by atoms with Crippen LogP contribution in [0.1, 0.15) is 0 Å². The van der Waals surface area contributed by atoms with E-state index >= 15 is 0 Å². The summed E-state index contributed by atoms with van der Waals surface area (Å²) in [6.45, 7) is 0. The second-order valence-electron chi connectivity index (χ2n) is 0.962. The Labute approximate surface area is 58.0 Å². The monoisotopic (exact) mass is 223 g/mol. The zero-order chi connectivity index (χ0) is 5.28. The first-order valence-corrected chi connectivity index (χ1v) is 3.18. The Balaban J connectivity index is 2.61. The SMILES string of the molecule is BrC1=CN=C(Br)[N]1. The van der Waals surface area contributed by atoms with Crippen molar-refractivity contribution in [3.05, 3.63) is 10.8 Å². The van der Waals surface area contributed by atoms with Gasteiger partial charge in [-0.2, -0.15) is 0 Å². The number of rotatable bonds is 0. The molecule has 0 aromatic carbocycles. The van der Waals surface area contributed by atoms with Gasteiger partial charge in [-0.15, -0.1) is 0 Å². The van der Waals surface area contributed by atoms with Crippen molar-refractivity contribution in [2.24, 2.45) is 4.99 Å². The van der Waals surface area contributed by atoms with Crippen molar-refractivity contribution in [3.63, 3.8) is 0 Å². The van der Waals surface area contributed by atoms with Crippen LogP contribution in [0.3, 0.4) is 0 Å². The van der Waals surface area contributed by atoms with Crippen molar-refractivity contribution in [2.75, 3.05) is 0 Å². The van der Waals surface area contributed by atoms with E-state index in [0.717, 1.165) is 4.61 Å². The molecule has 0 unspecified atom stereocenters. The van der Waals surface area contributed by atoms with Gasteiger partial charge in [0.2, 0.25) is 0 Å². The van der Waals surface area contributed by atoms with E-state index in [0.29, 0.717) is 4.74 Å². The molecule has 0 N–H and O–H groups in total. The van der Waals surface area contributed by atoms with Crippen LogP contribution in [-0.4, -0.2) is 4.74 Å². The summed E-state index contributed by atoms with van der Waals surface area (Å²) in [5.74, 6) is 0. The minimum atomic E-state index is 0.624. The maximum Gasteiger partial charge on any atom is 0.197 e. The van der Waals surface area contributed by atoms with Crippen molar-refractivity contribution in [3.8, 4) is 0 Å². The number of nitrogens with zero attached hydrogens (tertiary/aromatic N) is 2. The molecule has 0 fully saturated rings. The molecule has 1 aliphatic heterocycles. The summed E-state index contributed by atoms with van der Waals surface area (Å²) in [7, 11) is 0. The fourth-order valence-electron chi connectivity index (χ4n) is 0.252. The molecule has 37 valence electrons. The first-order valence-electron chi connectivity index (χ1n) is 1.60. The van der Waals surface area contributed by atoms with Crippen LogP contribution in [0.2, 0.25) is 0 Å². The topological polar surface area (TPSA) is 26.5 Å². The molecule has 0 bridgehead atoms. The van der Waals surface area contributed by atoms with Gasteiger partial charge < -0.3 is 0 Å². The molecule has 1 heterocycles. The zero-order valence-electron chi connectivity index (χ0n) is 3.23. The van der Waals surface area contributed by atoms with Gasteiger partial charge >= 0.3 is 0 Å². The van der Waals surface area contributed by atoms with E-state index in [1.165, 1.54) is 0 Å². The van der Waals surface area contributed by atoms with Crippen LogP contribution in [-0.2, 0) is 0 Å². The summed E-state index contributed by atoms with van der Waals surface area (Å²) in [6, 6.07) is 0. The van der Waals surface area contributed by atoms with Gasteiger partial charge in [0.25, 0.3) is 0 Å². The van der Waals surface area contributed by atoms with Crippen LogP contribution in [0.5, 0.6) is 0 Å². The molecule has 2 nitrogen and oxygen atoms in total. The van der Waals surface area contributed by atoms with E-state index < -0.39 is 0 Å². The average Bonchev–Trinajstić information content (AvgIpc) is 1.87. The van der Waals surface area contributed by atoms with Crippen molar-refractivity contribution < 1.29 is 0 Å². The van der Waals surface area contributed by atoms with E-state index in [4.69, 9.17) is 0 Å². The molecule has 1 rings (SSSR count). The zero-order valence-corrected chi connectivity index (χ0v) is 6.40. The third-order valence-electron chi connectivity index (χ3n) is 0.477. The number of amidine groups is 1. The molecule has 0 aromatic rings. The lowest BCUT2D eigenvalue weighted by Crippen LogP contribution is -1.96. The average molecular weight is 225 g/mol. The van der Waals surface area contributed by atoms with Crippen molar-refractivity contribution >= 4 is 36.6 Å². The molecule has 4 heteroatoms. The molecule has 7 heavy (non-hydrogen) atoms. The summed E-state index contributed by atoms with van der Waals surface area (Å²) in [5, 5.41) is 3.83. The lowest BCUT2D eigenvalue weighted by atomic mass is 11.0. The van der Waals surface area contributed by atoms with E-state index in [1.807, 2.05) is 0 Å². The Morgan fingerprint density at radius 1 is 1.43 bits per heavy atom. The summed E-state index contributed by atoms with van der Waals surface area (Å²) in [5.41, 5.74) is 0. The molecule has 0 aliphatic carbocycles. The van der Waals surface area contributed by atoms with Crippen LogP contribution < -0.4 is 5.32 Å². The summed E-state index contributed by atoms with van der Waals surface area (Å²) in [4.78, 5) is 3.77. The Morgan fingerprint density at radius 3 is 2.29 bits per heavy atom. The normalized spacial score (nSPS) is 18.0. The maximum absolute atomic E-state index is 3.83. The van der Waals surface area contributed by atoms with Crippen LogP contribution in [0.15, 0.2) is 15.8 Å². The molecule has 0 spiro atoms. The van der Waals surface area contributed by atoms with Gasteiger partial charge in [-0.3, -0.25) is 0 Å². The van der Waals surface area contributed by atoms with Crippen LogP contribution >= 0.6 is 31.9 Å². The molecule has 0 aromatic heterocycles. The minimum Gasteiger partial charge on any atom is -0.228 e. The molecular weight excluding hydrogens is 224 g/mol. The van der Waals surface area contributed by atoms with Crippen molar-refractivity contribution in [2.45, 2.75) is 0 Å². The molecule has 1 radical (unpaired) electrons. The standard InChI is InChI=1S/C3HBr2N2/c4-2-1-6-3(5)7-2/h1H. The summed E-state index contributed by atoms with van der Waals surface area (Å²) < 4.78 is 1.39. The Hall–Kier alpha value is 0.170. The van der Waals surface area contributed by atoms with E-state index in [2.05, 4.69) is 42.2 Å². The lowest BCUT2D eigenvalue weighted by molar-refractivity contribution is 1.31. The second-order valence-corrected chi connectivity index (χ2v) is 2.48. The van der Waals surface area contributed by atoms with Gasteiger partial charge in [-0.05, 0) is 31.9 Å². The second kappa shape index (κ2) is 1.96. The van der Waals surface area contributed by atoms with Gasteiger partial charge in [0.15, 0.2) is 4.74 Å². The first-order chi connectivity index (χ1) is 3.29. The molecular formula is C3HBr2N2. The fourth-order valence-corrected chi connectivity index (χ4v) is 1.05. The van der Waals surface area contributed by atoms with Gasteiger partial charge in [-0.1, -0.05) is 0 Å². The van der Waals surface area contributed by atoms with Gasteiger partial charge in [0.05, 0.1) is 6.20 Å². The van der Waals surface area contributed by atoms with Gasteiger partial charge in [-0.25, -0.2) is 10.3 Å². The largest absolute Gasteiger partial charge is 0.228 e. The smallest absolute Gasteiger partial charge is 0.197 e. The Bertz CT molecular complexity index is 122. The van der Waals surface area contributed by atoms with Crippen molar-refractivity contribution in [1.29, 1.82) is 0 Å². The quantitative estimate of drug-likeness (QED) is 0.559. The highest BCUT2D eigenvalue weighted by Crippen LogP contribution is 2.10. The fraction of sp³-hybridized carbons (Fsp3) is 0. The summed E-state index contributed by atoms with van der Waals surface area (Å²) >= 11 is 6.21. The number of hydrogen-bond acceptors (Lipinski definition) is 1. The first kappa shape index (κ1) is 5.31. The maximum atomic E-state index is 3.83. The number of aliphatic imine (C=N–C) groups is 1. The highest BCUT2D eigenvalue weighted by atomic mass is 79.9. The van der Waals surface area contributed by atoms with E-state index in [9.17, 15) is 0 Å². The number of halogens is 2. The highest BCUT2D eigenvalue weighted by molar-refractivity contribution is 9.18. The lowest BCUT2D eigenvalue weighted by Gasteiger charge is -1.82. The Morgan fingerprint density at radius 2 is 2.14 bits per heavy atom.